The molecule has 1 aliphatic heterocycles. The lowest BCUT2D eigenvalue weighted by Crippen LogP contribution is -2.45. The minimum absolute atomic E-state index is 0.220. The average molecular weight is 303 g/mol. The van der Waals surface area contributed by atoms with Crippen LogP contribution in [0.3, 0.4) is 0 Å². The largest absolute Gasteiger partial charge is 0.389 e. The van der Waals surface area contributed by atoms with Crippen molar-refractivity contribution in [3.05, 3.63) is 35.5 Å². The Morgan fingerprint density at radius 3 is 3.00 bits per heavy atom. The van der Waals surface area contributed by atoms with E-state index in [2.05, 4.69) is 15.3 Å². The normalized spacial score (nSPS) is 20.0. The Hall–Kier alpha value is -1.30. The summed E-state index contributed by atoms with van der Waals surface area (Å²) in [6.45, 7) is 5.63. The van der Waals surface area contributed by atoms with E-state index in [9.17, 15) is 5.11 Å². The molecule has 3 rings (SSSR count). The fourth-order valence-corrected chi connectivity index (χ4v) is 3.80. The lowest BCUT2D eigenvalue weighted by Gasteiger charge is -2.33. The quantitative estimate of drug-likeness (QED) is 0.943. The van der Waals surface area contributed by atoms with Crippen LogP contribution < -0.4 is 0 Å². The van der Waals surface area contributed by atoms with Crippen LogP contribution in [-0.4, -0.2) is 38.2 Å². The molecule has 0 amide bonds. The Labute approximate surface area is 129 Å². The molecule has 1 N–H and O–H groups in total. The molecule has 1 saturated heterocycles. The molecule has 112 valence electrons. The molecule has 1 aliphatic rings. The molecule has 21 heavy (non-hydrogen) atoms. The predicted molar refractivity (Wildman–Crippen MR) is 85.1 cm³/mol. The highest BCUT2D eigenvalue weighted by molar-refractivity contribution is 7.13. The van der Waals surface area contributed by atoms with Gasteiger partial charge in [0.2, 0.25) is 0 Å². The summed E-state index contributed by atoms with van der Waals surface area (Å²) in [4.78, 5) is 11.4. The average Bonchev–Trinajstić information content (AvgIpc) is 3.09. The van der Waals surface area contributed by atoms with Crippen molar-refractivity contribution in [3.63, 3.8) is 0 Å². The van der Waals surface area contributed by atoms with E-state index in [1.807, 2.05) is 32.0 Å². The zero-order valence-electron chi connectivity index (χ0n) is 12.5. The van der Waals surface area contributed by atoms with Crippen LogP contribution in [0.1, 0.15) is 32.4 Å². The van der Waals surface area contributed by atoms with Crippen LogP contribution in [0.2, 0.25) is 0 Å². The van der Waals surface area contributed by atoms with Crippen molar-refractivity contribution < 1.29 is 5.11 Å². The highest BCUT2D eigenvalue weighted by Crippen LogP contribution is 2.29. The van der Waals surface area contributed by atoms with Crippen LogP contribution in [0, 0.1) is 0 Å². The Morgan fingerprint density at radius 2 is 2.29 bits per heavy atom. The van der Waals surface area contributed by atoms with Gasteiger partial charge in [-0.1, -0.05) is 6.07 Å². The Kier molecular flexibility index (Phi) is 4.06. The van der Waals surface area contributed by atoms with Gasteiger partial charge >= 0.3 is 0 Å². The van der Waals surface area contributed by atoms with Gasteiger partial charge in [0.05, 0.1) is 17.0 Å². The number of aromatic nitrogens is 2. The highest BCUT2D eigenvalue weighted by Gasteiger charge is 2.35. The Morgan fingerprint density at radius 1 is 1.43 bits per heavy atom. The summed E-state index contributed by atoms with van der Waals surface area (Å²) in [5, 5.41) is 13.3. The number of hydrogen-bond donors (Lipinski definition) is 1. The standard InChI is InChI=1S/C16H21N3OS/c1-16(2,20)14-7-5-9-19(14)10-12-11-21-15(18-12)13-6-3-4-8-17-13/h3-4,6,8,11,14,20H,5,7,9-10H2,1-2H3. The second-order valence-electron chi connectivity index (χ2n) is 6.14. The van der Waals surface area contributed by atoms with E-state index in [1.165, 1.54) is 0 Å². The zero-order chi connectivity index (χ0) is 14.9. The number of hydrogen-bond acceptors (Lipinski definition) is 5. The van der Waals surface area contributed by atoms with Crippen LogP contribution in [0.5, 0.6) is 0 Å². The third kappa shape index (κ3) is 3.31. The molecule has 1 atom stereocenters. The van der Waals surface area contributed by atoms with Gasteiger partial charge in [-0.15, -0.1) is 11.3 Å². The summed E-state index contributed by atoms with van der Waals surface area (Å²) in [6.07, 6.45) is 3.99. The molecule has 2 aromatic heterocycles. The molecule has 0 bridgehead atoms. The monoisotopic (exact) mass is 303 g/mol. The first-order valence-electron chi connectivity index (χ1n) is 7.36. The maximum Gasteiger partial charge on any atom is 0.142 e. The maximum absolute atomic E-state index is 10.3. The fourth-order valence-electron chi connectivity index (χ4n) is 3.01. The second kappa shape index (κ2) is 5.83. The van der Waals surface area contributed by atoms with E-state index in [0.717, 1.165) is 42.3 Å². The minimum Gasteiger partial charge on any atom is -0.389 e. The minimum atomic E-state index is -0.656. The summed E-state index contributed by atoms with van der Waals surface area (Å²) < 4.78 is 0. The molecular weight excluding hydrogens is 282 g/mol. The first-order valence-corrected chi connectivity index (χ1v) is 8.24. The van der Waals surface area contributed by atoms with Crippen LogP contribution >= 0.6 is 11.3 Å². The third-order valence-electron chi connectivity index (χ3n) is 3.98. The van der Waals surface area contributed by atoms with E-state index in [0.29, 0.717) is 0 Å². The first kappa shape index (κ1) is 14.6. The van der Waals surface area contributed by atoms with Crippen molar-refractivity contribution >= 4 is 11.3 Å². The van der Waals surface area contributed by atoms with Gasteiger partial charge in [0.15, 0.2) is 0 Å². The van der Waals surface area contributed by atoms with Crippen molar-refractivity contribution in [3.8, 4) is 10.7 Å². The summed E-state index contributed by atoms with van der Waals surface area (Å²) in [6, 6.07) is 6.10. The van der Waals surface area contributed by atoms with Gasteiger partial charge in [-0.2, -0.15) is 0 Å². The summed E-state index contributed by atoms with van der Waals surface area (Å²) in [5.41, 5.74) is 1.34. The van der Waals surface area contributed by atoms with E-state index in [1.54, 1.807) is 17.5 Å². The van der Waals surface area contributed by atoms with Gasteiger partial charge in [0.1, 0.15) is 5.01 Å². The van der Waals surface area contributed by atoms with Crippen molar-refractivity contribution in [1.29, 1.82) is 0 Å². The molecular formula is C16H21N3OS. The van der Waals surface area contributed by atoms with Crippen molar-refractivity contribution in [1.82, 2.24) is 14.9 Å². The molecule has 4 nitrogen and oxygen atoms in total. The second-order valence-corrected chi connectivity index (χ2v) is 7.00. The fraction of sp³-hybridized carbons (Fsp3) is 0.500. The number of aliphatic hydroxyl groups is 1. The Bertz CT molecular complexity index is 591. The molecule has 0 aromatic carbocycles. The topological polar surface area (TPSA) is 49.2 Å². The van der Waals surface area contributed by atoms with E-state index in [-0.39, 0.29) is 6.04 Å². The van der Waals surface area contributed by atoms with Gasteiger partial charge in [-0.25, -0.2) is 4.98 Å². The van der Waals surface area contributed by atoms with Crippen molar-refractivity contribution in [2.75, 3.05) is 6.54 Å². The first-order chi connectivity index (χ1) is 10.0. The predicted octanol–water partition coefficient (Wildman–Crippen LogP) is 2.94. The van der Waals surface area contributed by atoms with Crippen LogP contribution in [0.25, 0.3) is 10.7 Å². The SMILES string of the molecule is CC(C)(O)C1CCCN1Cc1csc(-c2ccccn2)n1. The highest BCUT2D eigenvalue weighted by atomic mass is 32.1. The molecule has 0 spiro atoms. The van der Waals surface area contributed by atoms with Gasteiger partial charge in [0.25, 0.3) is 0 Å². The molecule has 0 saturated carbocycles. The lowest BCUT2D eigenvalue weighted by molar-refractivity contribution is -0.00530. The Balaban J connectivity index is 1.73. The number of pyridine rings is 1. The molecule has 0 aliphatic carbocycles. The molecule has 1 unspecified atom stereocenters. The number of thiazole rings is 1. The zero-order valence-corrected chi connectivity index (χ0v) is 13.3. The maximum atomic E-state index is 10.3. The third-order valence-corrected chi connectivity index (χ3v) is 4.89. The van der Waals surface area contributed by atoms with Gasteiger partial charge in [0, 0.05) is 24.2 Å². The molecule has 1 fully saturated rings. The summed E-state index contributed by atoms with van der Waals surface area (Å²) >= 11 is 1.63. The van der Waals surface area contributed by atoms with Crippen LogP contribution in [0.4, 0.5) is 0 Å². The van der Waals surface area contributed by atoms with Crippen molar-refractivity contribution in [2.24, 2.45) is 0 Å². The summed E-state index contributed by atoms with van der Waals surface area (Å²) in [7, 11) is 0. The van der Waals surface area contributed by atoms with E-state index < -0.39 is 5.60 Å². The van der Waals surface area contributed by atoms with Crippen LogP contribution in [0.15, 0.2) is 29.8 Å². The van der Waals surface area contributed by atoms with Gasteiger partial charge in [-0.05, 0) is 45.4 Å². The molecule has 5 heteroatoms. The molecule has 3 heterocycles. The number of likely N-dealkylation sites (tertiary alicyclic amines) is 1. The summed E-state index contributed by atoms with van der Waals surface area (Å²) in [5.74, 6) is 0. The number of rotatable bonds is 4. The van der Waals surface area contributed by atoms with E-state index >= 15 is 0 Å². The van der Waals surface area contributed by atoms with E-state index in [4.69, 9.17) is 4.98 Å². The van der Waals surface area contributed by atoms with Gasteiger partial charge < -0.3 is 5.11 Å². The smallest absolute Gasteiger partial charge is 0.142 e. The van der Waals surface area contributed by atoms with Crippen molar-refractivity contribution in [2.45, 2.75) is 44.9 Å². The van der Waals surface area contributed by atoms with Crippen LogP contribution in [-0.2, 0) is 6.54 Å². The number of nitrogens with zero attached hydrogens (tertiary/aromatic N) is 3. The molecule has 0 radical (unpaired) electrons. The lowest BCUT2D eigenvalue weighted by atomic mass is 9.96. The van der Waals surface area contributed by atoms with Gasteiger partial charge in [-0.3, -0.25) is 9.88 Å². The molecule has 2 aromatic rings.